The molecule has 0 aliphatic carbocycles. The summed E-state index contributed by atoms with van der Waals surface area (Å²) >= 11 is 0. The fraction of sp³-hybridized carbons (Fsp3) is 0.636. The molecule has 0 saturated carbocycles. The third kappa shape index (κ3) is 5.97. The van der Waals surface area contributed by atoms with E-state index in [4.69, 9.17) is 4.74 Å². The van der Waals surface area contributed by atoms with Crippen LogP contribution in [0.2, 0.25) is 0 Å². The lowest BCUT2D eigenvalue weighted by atomic mass is 9.93. The summed E-state index contributed by atoms with van der Waals surface area (Å²) in [6.07, 6.45) is -1.58. The van der Waals surface area contributed by atoms with Gasteiger partial charge in [-0.1, -0.05) is 13.8 Å². The first kappa shape index (κ1) is 24.2. The van der Waals surface area contributed by atoms with Crippen molar-refractivity contribution in [3.05, 3.63) is 35.4 Å². The van der Waals surface area contributed by atoms with Gasteiger partial charge in [-0.15, -0.1) is 0 Å². The number of carbonyl (C=O) groups excluding carboxylic acids is 2. The van der Waals surface area contributed by atoms with Crippen LogP contribution >= 0.6 is 0 Å². The molecule has 168 valence electrons. The van der Waals surface area contributed by atoms with Crippen molar-refractivity contribution in [3.8, 4) is 0 Å². The molecule has 1 aromatic carbocycles. The molecule has 8 heteroatoms. The number of hydrogen-bond acceptors (Lipinski definition) is 3. The smallest absolute Gasteiger partial charge is 0.383 e. The monoisotopic (exact) mass is 428 g/mol. The van der Waals surface area contributed by atoms with Crippen LogP contribution in [0, 0.1) is 5.92 Å². The number of benzene rings is 1. The molecule has 0 bridgehead atoms. The van der Waals surface area contributed by atoms with E-state index in [2.05, 4.69) is 13.8 Å². The number of ether oxygens (including phenoxy) is 1. The maximum Gasteiger partial charge on any atom is 0.416 e. The van der Waals surface area contributed by atoms with Gasteiger partial charge in [0.2, 0.25) is 5.91 Å². The molecule has 1 aliphatic heterocycles. The number of amides is 2. The van der Waals surface area contributed by atoms with E-state index in [-0.39, 0.29) is 29.3 Å². The molecule has 30 heavy (non-hydrogen) atoms. The predicted molar refractivity (Wildman–Crippen MR) is 108 cm³/mol. The first-order chi connectivity index (χ1) is 14.2. The van der Waals surface area contributed by atoms with E-state index in [1.807, 2.05) is 4.90 Å². The Bertz CT molecular complexity index is 695. The number of halogens is 3. The largest absolute Gasteiger partial charge is 0.416 e. The quantitative estimate of drug-likeness (QED) is 0.623. The second kappa shape index (κ2) is 10.8. The van der Waals surface area contributed by atoms with Crippen molar-refractivity contribution in [1.29, 1.82) is 0 Å². The molecular formula is C22H31F3N2O3. The molecule has 1 saturated heterocycles. The Morgan fingerprint density at radius 1 is 1.13 bits per heavy atom. The first-order valence-corrected chi connectivity index (χ1v) is 10.5. The van der Waals surface area contributed by atoms with Crippen molar-refractivity contribution in [2.45, 2.75) is 51.7 Å². The number of likely N-dealkylation sites (tertiary alicyclic amines) is 1. The van der Waals surface area contributed by atoms with Crippen molar-refractivity contribution in [3.63, 3.8) is 0 Å². The zero-order valence-corrected chi connectivity index (χ0v) is 17.9. The first-order valence-electron chi connectivity index (χ1n) is 10.5. The Labute approximate surface area is 176 Å². The summed E-state index contributed by atoms with van der Waals surface area (Å²) in [5.74, 6) is -0.354. The Morgan fingerprint density at radius 2 is 1.70 bits per heavy atom. The van der Waals surface area contributed by atoms with Gasteiger partial charge in [0.25, 0.3) is 5.91 Å². The highest BCUT2D eigenvalue weighted by Crippen LogP contribution is 2.29. The second-order valence-electron chi connectivity index (χ2n) is 7.64. The molecule has 2 amide bonds. The Balaban J connectivity index is 1.98. The number of nitrogens with zero attached hydrogens (tertiary/aromatic N) is 2. The van der Waals surface area contributed by atoms with Gasteiger partial charge in [0, 0.05) is 44.3 Å². The fourth-order valence-electron chi connectivity index (χ4n) is 3.94. The van der Waals surface area contributed by atoms with Crippen LogP contribution in [0.1, 0.15) is 55.5 Å². The minimum Gasteiger partial charge on any atom is -0.383 e. The van der Waals surface area contributed by atoms with E-state index in [0.29, 0.717) is 39.1 Å². The van der Waals surface area contributed by atoms with E-state index >= 15 is 0 Å². The molecule has 0 spiro atoms. The summed E-state index contributed by atoms with van der Waals surface area (Å²) in [4.78, 5) is 29.3. The summed E-state index contributed by atoms with van der Waals surface area (Å²) in [5, 5.41) is 0. The van der Waals surface area contributed by atoms with Gasteiger partial charge >= 0.3 is 6.18 Å². The number of hydrogen-bond donors (Lipinski definition) is 0. The van der Waals surface area contributed by atoms with Gasteiger partial charge < -0.3 is 14.5 Å². The molecule has 1 heterocycles. The minimum atomic E-state index is -4.43. The lowest BCUT2D eigenvalue weighted by Gasteiger charge is -2.37. The van der Waals surface area contributed by atoms with Crippen molar-refractivity contribution in [2.75, 3.05) is 33.4 Å². The molecule has 0 N–H and O–H groups in total. The predicted octanol–water partition coefficient (Wildman–Crippen LogP) is 4.22. The molecule has 0 aromatic heterocycles. The van der Waals surface area contributed by atoms with Crippen molar-refractivity contribution in [1.82, 2.24) is 9.80 Å². The number of carbonyl (C=O) groups is 2. The molecule has 5 nitrogen and oxygen atoms in total. The molecule has 0 radical (unpaired) electrons. The van der Waals surface area contributed by atoms with Gasteiger partial charge in [0.1, 0.15) is 0 Å². The van der Waals surface area contributed by atoms with Gasteiger partial charge in [0.05, 0.1) is 12.2 Å². The molecule has 1 aromatic rings. The van der Waals surface area contributed by atoms with Crippen LogP contribution in [0.5, 0.6) is 0 Å². The van der Waals surface area contributed by atoms with Gasteiger partial charge in [-0.2, -0.15) is 13.2 Å². The molecule has 0 unspecified atom stereocenters. The average Bonchev–Trinajstić information content (AvgIpc) is 2.75. The van der Waals surface area contributed by atoms with Crippen LogP contribution in [0.3, 0.4) is 0 Å². The van der Waals surface area contributed by atoms with E-state index < -0.39 is 11.7 Å². The summed E-state index contributed by atoms with van der Waals surface area (Å²) < 4.78 is 43.3. The SMILES string of the molecule is CCC(CC)N(CCOC)C(=O)C1CCN(C(=O)c2ccc(C(F)(F)F)cc2)CC1. The Hall–Kier alpha value is -2.09. The lowest BCUT2D eigenvalue weighted by molar-refractivity contribution is -0.140. The van der Waals surface area contributed by atoms with Crippen LogP contribution < -0.4 is 0 Å². The number of piperidine rings is 1. The van der Waals surface area contributed by atoms with E-state index in [1.165, 1.54) is 12.1 Å². The fourth-order valence-corrected chi connectivity index (χ4v) is 3.94. The van der Waals surface area contributed by atoms with Gasteiger partial charge in [-0.25, -0.2) is 0 Å². The van der Waals surface area contributed by atoms with Crippen LogP contribution in [0.15, 0.2) is 24.3 Å². The molecule has 1 fully saturated rings. The number of methoxy groups -OCH3 is 1. The Morgan fingerprint density at radius 3 is 2.17 bits per heavy atom. The highest BCUT2D eigenvalue weighted by atomic mass is 19.4. The molecule has 1 aliphatic rings. The Kier molecular flexibility index (Phi) is 8.70. The van der Waals surface area contributed by atoms with E-state index in [0.717, 1.165) is 25.0 Å². The standard InChI is InChI=1S/C22H31F3N2O3/c1-4-19(5-2)27(14-15-30-3)21(29)17-10-12-26(13-11-17)20(28)16-6-8-18(9-7-16)22(23,24)25/h6-9,17,19H,4-5,10-15H2,1-3H3. The van der Waals surface area contributed by atoms with Crippen molar-refractivity contribution >= 4 is 11.8 Å². The topological polar surface area (TPSA) is 49.9 Å². The molecule has 0 atom stereocenters. The number of alkyl halides is 3. The third-order valence-corrected chi connectivity index (χ3v) is 5.79. The van der Waals surface area contributed by atoms with Gasteiger partial charge in [0.15, 0.2) is 0 Å². The maximum atomic E-state index is 13.1. The summed E-state index contributed by atoms with van der Waals surface area (Å²) in [5.41, 5.74) is -0.549. The van der Waals surface area contributed by atoms with Crippen LogP contribution in [-0.4, -0.2) is 61.0 Å². The highest BCUT2D eigenvalue weighted by Gasteiger charge is 2.33. The van der Waals surface area contributed by atoms with E-state index in [9.17, 15) is 22.8 Å². The minimum absolute atomic E-state index is 0.0994. The maximum absolute atomic E-state index is 13.1. The third-order valence-electron chi connectivity index (χ3n) is 5.79. The molecular weight excluding hydrogens is 397 g/mol. The van der Waals surface area contributed by atoms with Crippen LogP contribution in [0.25, 0.3) is 0 Å². The van der Waals surface area contributed by atoms with E-state index in [1.54, 1.807) is 12.0 Å². The van der Waals surface area contributed by atoms with Gasteiger partial charge in [-0.3, -0.25) is 9.59 Å². The van der Waals surface area contributed by atoms with Crippen molar-refractivity contribution in [2.24, 2.45) is 5.92 Å². The van der Waals surface area contributed by atoms with Crippen LogP contribution in [0.4, 0.5) is 13.2 Å². The highest BCUT2D eigenvalue weighted by molar-refractivity contribution is 5.94. The molecule has 2 rings (SSSR count). The summed E-state index contributed by atoms with van der Waals surface area (Å²) in [6.45, 7) is 5.98. The normalized spacial score (nSPS) is 15.5. The summed E-state index contributed by atoms with van der Waals surface area (Å²) in [7, 11) is 1.61. The van der Waals surface area contributed by atoms with Crippen LogP contribution in [-0.2, 0) is 15.7 Å². The zero-order chi connectivity index (χ0) is 22.3. The number of rotatable bonds is 8. The van der Waals surface area contributed by atoms with Gasteiger partial charge in [-0.05, 0) is 49.9 Å². The average molecular weight is 428 g/mol. The zero-order valence-electron chi connectivity index (χ0n) is 17.9. The second-order valence-corrected chi connectivity index (χ2v) is 7.64. The van der Waals surface area contributed by atoms with Crippen molar-refractivity contribution < 1.29 is 27.5 Å². The lowest BCUT2D eigenvalue weighted by Crippen LogP contribution is -2.48. The summed E-state index contributed by atoms with van der Waals surface area (Å²) in [6, 6.07) is 4.43.